The molecule has 0 aromatic heterocycles. The van der Waals surface area contributed by atoms with E-state index in [0.29, 0.717) is 11.5 Å². The maximum Gasteiger partial charge on any atom is 0.0866 e. The lowest BCUT2D eigenvalue weighted by molar-refractivity contribution is -0.914. The maximum absolute atomic E-state index is 3.93. The minimum Gasteiger partial charge on any atom is -0.379 e. The largest absolute Gasteiger partial charge is 0.379 e. The van der Waals surface area contributed by atoms with E-state index in [4.69, 9.17) is 0 Å². The number of nitrogens with one attached hydrogen (secondary N) is 2. The van der Waals surface area contributed by atoms with Crippen LogP contribution in [-0.2, 0) is 0 Å². The molecule has 1 fully saturated rings. The molecule has 1 spiro atoms. The molecule has 1 saturated heterocycles. The number of quaternary nitrogens is 1. The maximum atomic E-state index is 3.93. The third-order valence-corrected chi connectivity index (χ3v) is 5.63. The number of benzene rings is 1. The third-order valence-electron chi connectivity index (χ3n) is 5.63. The van der Waals surface area contributed by atoms with Crippen molar-refractivity contribution in [1.82, 2.24) is 0 Å². The normalized spacial score (nSPS) is 41.7. The highest BCUT2D eigenvalue weighted by Crippen LogP contribution is 2.44. The molecule has 1 aromatic carbocycles. The Labute approximate surface area is 117 Å². The molecule has 2 heteroatoms. The summed E-state index contributed by atoms with van der Waals surface area (Å²) < 4.78 is 0. The summed E-state index contributed by atoms with van der Waals surface area (Å²) in [5, 5.41) is 3.93. The van der Waals surface area contributed by atoms with Gasteiger partial charge in [0.05, 0.1) is 25.2 Å². The van der Waals surface area contributed by atoms with Gasteiger partial charge in [-0.3, -0.25) is 0 Å². The minimum atomic E-state index is 0.312. The molecule has 2 nitrogen and oxygen atoms in total. The quantitative estimate of drug-likeness (QED) is 0.731. The lowest BCUT2D eigenvalue weighted by Gasteiger charge is -2.51. The molecule has 0 aliphatic carbocycles. The molecule has 0 amide bonds. The first-order valence-corrected chi connectivity index (χ1v) is 7.71. The number of anilines is 1. The number of hydrogen-bond acceptors (Lipinski definition) is 1. The van der Waals surface area contributed by atoms with E-state index in [1.807, 2.05) is 0 Å². The van der Waals surface area contributed by atoms with E-state index in [0.717, 1.165) is 12.0 Å². The molecule has 0 radical (unpaired) electrons. The van der Waals surface area contributed by atoms with Crippen molar-refractivity contribution in [3.05, 3.63) is 29.8 Å². The van der Waals surface area contributed by atoms with E-state index in [2.05, 4.69) is 57.4 Å². The molecular formula is C17H27N2+. The lowest BCUT2D eigenvalue weighted by Crippen LogP contribution is -3.15. The van der Waals surface area contributed by atoms with E-state index in [1.165, 1.54) is 30.6 Å². The van der Waals surface area contributed by atoms with Gasteiger partial charge in [-0.25, -0.2) is 0 Å². The van der Waals surface area contributed by atoms with Crippen molar-refractivity contribution in [2.75, 3.05) is 18.9 Å². The zero-order chi connectivity index (χ0) is 13.6. The van der Waals surface area contributed by atoms with Crippen molar-refractivity contribution in [2.24, 2.45) is 5.92 Å². The van der Waals surface area contributed by atoms with Crippen LogP contribution in [0, 0.1) is 5.92 Å². The summed E-state index contributed by atoms with van der Waals surface area (Å²) in [6.07, 6.45) is 2.57. The van der Waals surface area contributed by atoms with Crippen LogP contribution in [0.5, 0.6) is 0 Å². The first-order chi connectivity index (χ1) is 9.02. The Morgan fingerprint density at radius 1 is 1.16 bits per heavy atom. The Bertz CT molecular complexity index is 470. The molecule has 0 bridgehead atoms. The molecule has 2 N–H and O–H groups in total. The van der Waals surface area contributed by atoms with Gasteiger partial charge >= 0.3 is 0 Å². The average Bonchev–Trinajstić information content (AvgIpc) is 2.37. The third kappa shape index (κ3) is 2.06. The fourth-order valence-electron chi connectivity index (χ4n) is 4.28. The number of hydrogen-bond donors (Lipinski definition) is 2. The Kier molecular flexibility index (Phi) is 3.09. The van der Waals surface area contributed by atoms with Gasteiger partial charge in [0.1, 0.15) is 0 Å². The van der Waals surface area contributed by atoms with Crippen molar-refractivity contribution in [1.29, 1.82) is 0 Å². The van der Waals surface area contributed by atoms with E-state index in [1.54, 1.807) is 4.90 Å². The van der Waals surface area contributed by atoms with Gasteiger partial charge in [-0.2, -0.15) is 0 Å². The predicted molar refractivity (Wildman–Crippen MR) is 80.8 cm³/mol. The molecule has 104 valence electrons. The number of rotatable bonds is 0. The van der Waals surface area contributed by atoms with Crippen molar-refractivity contribution in [2.45, 2.75) is 51.1 Å². The first-order valence-electron chi connectivity index (χ1n) is 7.71. The molecule has 1 aromatic rings. The van der Waals surface area contributed by atoms with E-state index < -0.39 is 0 Å². The first kappa shape index (κ1) is 13.0. The van der Waals surface area contributed by atoms with Crippen molar-refractivity contribution < 1.29 is 4.90 Å². The fraction of sp³-hybridized carbons (Fsp3) is 0.647. The van der Waals surface area contributed by atoms with Crippen LogP contribution >= 0.6 is 0 Å². The van der Waals surface area contributed by atoms with Gasteiger partial charge in [0.25, 0.3) is 0 Å². The smallest absolute Gasteiger partial charge is 0.0866 e. The Balaban J connectivity index is 1.95. The van der Waals surface area contributed by atoms with E-state index in [9.17, 15) is 0 Å². The van der Waals surface area contributed by atoms with Gasteiger partial charge in [-0.05, 0) is 30.9 Å². The highest BCUT2D eigenvalue weighted by atomic mass is 15.2. The van der Waals surface area contributed by atoms with Crippen LogP contribution in [-0.4, -0.2) is 25.2 Å². The highest BCUT2D eigenvalue weighted by molar-refractivity contribution is 5.57. The van der Waals surface area contributed by atoms with Crippen molar-refractivity contribution in [3.8, 4) is 0 Å². The summed E-state index contributed by atoms with van der Waals surface area (Å²) in [6, 6.07) is 9.62. The predicted octanol–water partition coefficient (Wildman–Crippen LogP) is 2.29. The average molecular weight is 259 g/mol. The summed E-state index contributed by atoms with van der Waals surface area (Å²) in [5.74, 6) is 1.41. The summed E-state index contributed by atoms with van der Waals surface area (Å²) in [4.78, 5) is 1.69. The number of likely N-dealkylation sites (tertiary alicyclic amines) is 1. The van der Waals surface area contributed by atoms with Gasteiger partial charge in [0.15, 0.2) is 0 Å². The van der Waals surface area contributed by atoms with Gasteiger partial charge in [0, 0.05) is 18.0 Å². The van der Waals surface area contributed by atoms with Crippen LogP contribution in [0.25, 0.3) is 0 Å². The van der Waals surface area contributed by atoms with Gasteiger partial charge in [0.2, 0.25) is 0 Å². The van der Waals surface area contributed by atoms with Gasteiger partial charge in [-0.1, -0.05) is 32.0 Å². The van der Waals surface area contributed by atoms with Gasteiger partial charge in [-0.15, -0.1) is 0 Å². The zero-order valence-electron chi connectivity index (χ0n) is 12.7. The molecule has 0 saturated carbocycles. The molecule has 5 atom stereocenters. The van der Waals surface area contributed by atoms with Crippen LogP contribution in [0.1, 0.15) is 45.1 Å². The monoisotopic (exact) mass is 259 g/mol. The second-order valence-corrected chi connectivity index (χ2v) is 7.03. The van der Waals surface area contributed by atoms with E-state index >= 15 is 0 Å². The molecule has 3 rings (SSSR count). The fourth-order valence-corrected chi connectivity index (χ4v) is 4.28. The molecule has 2 aliphatic heterocycles. The molecular weight excluding hydrogens is 232 g/mol. The van der Waals surface area contributed by atoms with Crippen LogP contribution in [0.3, 0.4) is 0 Å². The summed E-state index contributed by atoms with van der Waals surface area (Å²) in [7, 11) is 2.34. The topological polar surface area (TPSA) is 16.5 Å². The summed E-state index contributed by atoms with van der Waals surface area (Å²) in [5.41, 5.74) is 3.19. The summed E-state index contributed by atoms with van der Waals surface area (Å²) >= 11 is 0. The second kappa shape index (κ2) is 4.52. The molecule has 1 unspecified atom stereocenters. The molecule has 19 heavy (non-hydrogen) atoms. The highest BCUT2D eigenvalue weighted by Gasteiger charge is 2.47. The van der Waals surface area contributed by atoms with Crippen LogP contribution in [0.4, 0.5) is 5.69 Å². The Morgan fingerprint density at radius 2 is 1.89 bits per heavy atom. The number of para-hydroxylation sites is 1. The molecule has 2 heterocycles. The van der Waals surface area contributed by atoms with Crippen molar-refractivity contribution in [3.63, 3.8) is 0 Å². The number of fused-ring (bicyclic) bond motifs is 1. The van der Waals surface area contributed by atoms with Crippen LogP contribution in [0.15, 0.2) is 24.3 Å². The molecule has 2 aliphatic rings. The van der Waals surface area contributed by atoms with Gasteiger partial charge < -0.3 is 10.2 Å². The Hall–Kier alpha value is -1.02. The zero-order valence-corrected chi connectivity index (χ0v) is 12.7. The summed E-state index contributed by atoms with van der Waals surface area (Å²) in [6.45, 7) is 8.51. The Morgan fingerprint density at radius 3 is 2.68 bits per heavy atom. The van der Waals surface area contributed by atoms with Crippen LogP contribution in [0.2, 0.25) is 0 Å². The lowest BCUT2D eigenvalue weighted by atomic mass is 9.68. The van der Waals surface area contributed by atoms with E-state index in [-0.39, 0.29) is 0 Å². The minimum absolute atomic E-state index is 0.312. The SMILES string of the molecule is C[C@H]1C[C@@]2(C[C@H](C)[NH+](C)C[C@@H]2C)Nc2ccccc21. The second-order valence-electron chi connectivity index (χ2n) is 7.03. The van der Waals surface area contributed by atoms with Crippen LogP contribution < -0.4 is 10.2 Å². The standard InChI is InChI=1S/C17H26N2/c1-12-9-17(10-14(3)19(4)11-13(17)2)18-16-8-6-5-7-15(12)16/h5-8,12-14,18H,9-11H2,1-4H3/p+1/t12-,13-,14-,17-/m0/s1. The van der Waals surface area contributed by atoms with Crippen molar-refractivity contribution >= 4 is 5.69 Å². The number of piperidine rings is 1.